The molecule has 128 valence electrons. The van der Waals surface area contributed by atoms with Crippen molar-refractivity contribution in [3.05, 3.63) is 58.6 Å². The van der Waals surface area contributed by atoms with Gasteiger partial charge >= 0.3 is 0 Å². The molecule has 1 aliphatic heterocycles. The van der Waals surface area contributed by atoms with Gasteiger partial charge < -0.3 is 4.90 Å². The Labute approximate surface area is 152 Å². The summed E-state index contributed by atoms with van der Waals surface area (Å²) in [6, 6.07) is 14.6. The highest BCUT2D eigenvalue weighted by atomic mass is 32.1. The van der Waals surface area contributed by atoms with Gasteiger partial charge in [0.1, 0.15) is 0 Å². The smallest absolute Gasteiger partial charge is 0.226 e. The number of fused-ring (bicyclic) bond motifs is 2. The van der Waals surface area contributed by atoms with Crippen LogP contribution in [-0.4, -0.2) is 17.4 Å². The van der Waals surface area contributed by atoms with Crippen molar-refractivity contribution in [3.63, 3.8) is 0 Å². The average molecular weight is 350 g/mol. The fourth-order valence-electron chi connectivity index (χ4n) is 3.54. The summed E-state index contributed by atoms with van der Waals surface area (Å²) < 4.78 is 1.23. The zero-order valence-corrected chi connectivity index (χ0v) is 15.3. The van der Waals surface area contributed by atoms with Crippen LogP contribution in [0, 0.1) is 6.92 Å². The van der Waals surface area contributed by atoms with Crippen molar-refractivity contribution in [1.29, 1.82) is 0 Å². The van der Waals surface area contributed by atoms with Crippen molar-refractivity contribution >= 4 is 33.1 Å². The molecule has 0 saturated heterocycles. The fourth-order valence-corrected chi connectivity index (χ4v) is 4.55. The monoisotopic (exact) mass is 350 g/mol. The summed E-state index contributed by atoms with van der Waals surface area (Å²) in [5, 5.41) is 1.13. The van der Waals surface area contributed by atoms with Gasteiger partial charge in [0.05, 0.1) is 15.2 Å². The van der Waals surface area contributed by atoms with E-state index in [1.807, 2.05) is 23.1 Å². The second-order valence-corrected chi connectivity index (χ2v) is 7.83. The van der Waals surface area contributed by atoms with Gasteiger partial charge in [-0.1, -0.05) is 29.8 Å². The lowest BCUT2D eigenvalue weighted by molar-refractivity contribution is -0.118. The number of aryl methyl sites for hydroxylation is 3. The van der Waals surface area contributed by atoms with Gasteiger partial charge in [0.2, 0.25) is 5.91 Å². The number of nitrogens with zero attached hydrogens (tertiary/aromatic N) is 2. The third-order valence-electron chi connectivity index (χ3n) is 4.77. The molecule has 25 heavy (non-hydrogen) atoms. The molecule has 1 amide bonds. The molecule has 2 aromatic carbocycles. The first-order valence-electron chi connectivity index (χ1n) is 8.95. The Bertz CT molecular complexity index is 882. The van der Waals surface area contributed by atoms with Gasteiger partial charge in [-0.05, 0) is 56.4 Å². The fraction of sp³-hybridized carbons (Fsp3) is 0.333. The summed E-state index contributed by atoms with van der Waals surface area (Å²) >= 11 is 1.74. The molecule has 0 spiro atoms. The zero-order chi connectivity index (χ0) is 17.2. The van der Waals surface area contributed by atoms with E-state index >= 15 is 0 Å². The van der Waals surface area contributed by atoms with Crippen LogP contribution in [0.3, 0.4) is 0 Å². The second kappa shape index (κ2) is 6.96. The number of amides is 1. The molecule has 0 fully saturated rings. The number of hydrogen-bond donors (Lipinski definition) is 0. The molecular formula is C21H22N2OS. The molecule has 0 unspecified atom stereocenters. The lowest BCUT2D eigenvalue weighted by Gasteiger charge is -2.30. The molecule has 0 aliphatic carbocycles. The van der Waals surface area contributed by atoms with Crippen LogP contribution in [0.2, 0.25) is 0 Å². The summed E-state index contributed by atoms with van der Waals surface area (Å²) in [4.78, 5) is 19.4. The molecule has 0 saturated carbocycles. The Hall–Kier alpha value is -2.20. The molecule has 3 aromatic rings. The summed E-state index contributed by atoms with van der Waals surface area (Å²) in [5.41, 5.74) is 4.76. The van der Waals surface area contributed by atoms with Crippen molar-refractivity contribution in [2.75, 3.05) is 11.4 Å². The number of para-hydroxylation sites is 1. The summed E-state index contributed by atoms with van der Waals surface area (Å²) in [5.74, 6) is 0.242. The van der Waals surface area contributed by atoms with Crippen molar-refractivity contribution in [2.45, 2.75) is 39.0 Å². The van der Waals surface area contributed by atoms with E-state index in [0.717, 1.165) is 48.4 Å². The van der Waals surface area contributed by atoms with Crippen molar-refractivity contribution in [2.24, 2.45) is 0 Å². The van der Waals surface area contributed by atoms with Crippen LogP contribution in [0.25, 0.3) is 10.2 Å². The molecule has 1 aliphatic rings. The van der Waals surface area contributed by atoms with Crippen LogP contribution in [0.5, 0.6) is 0 Å². The van der Waals surface area contributed by atoms with Gasteiger partial charge in [0.15, 0.2) is 0 Å². The minimum Gasteiger partial charge on any atom is -0.312 e. The molecule has 1 aromatic heterocycles. The zero-order valence-electron chi connectivity index (χ0n) is 14.5. The first-order chi connectivity index (χ1) is 12.2. The maximum absolute atomic E-state index is 12.7. The standard InChI is InChI=1S/C21H22N2OS/c1-15-11-12-18-16(14-15)6-5-13-23(18)21(24)10-4-9-20-22-17-7-2-3-8-19(17)25-20/h2-3,7-8,11-12,14H,4-6,9-10,13H2,1H3. The first-order valence-corrected chi connectivity index (χ1v) is 9.77. The highest BCUT2D eigenvalue weighted by Gasteiger charge is 2.22. The van der Waals surface area contributed by atoms with E-state index in [1.165, 1.54) is 15.8 Å². The first kappa shape index (κ1) is 16.3. The molecule has 4 rings (SSSR count). The van der Waals surface area contributed by atoms with E-state index in [0.29, 0.717) is 6.42 Å². The van der Waals surface area contributed by atoms with E-state index in [2.05, 4.69) is 36.2 Å². The summed E-state index contributed by atoms with van der Waals surface area (Å²) in [6.07, 6.45) is 4.45. The third kappa shape index (κ3) is 3.45. The van der Waals surface area contributed by atoms with Gasteiger partial charge in [-0.2, -0.15) is 0 Å². The maximum Gasteiger partial charge on any atom is 0.226 e. The highest BCUT2D eigenvalue weighted by Crippen LogP contribution is 2.29. The number of thiazole rings is 1. The largest absolute Gasteiger partial charge is 0.312 e. The lowest BCUT2D eigenvalue weighted by atomic mass is 9.99. The van der Waals surface area contributed by atoms with Crippen LogP contribution in [-0.2, 0) is 17.6 Å². The molecule has 0 radical (unpaired) electrons. The number of hydrogen-bond acceptors (Lipinski definition) is 3. The molecule has 3 nitrogen and oxygen atoms in total. The molecule has 0 bridgehead atoms. The molecule has 0 N–H and O–H groups in total. The third-order valence-corrected chi connectivity index (χ3v) is 5.87. The van der Waals surface area contributed by atoms with E-state index in [-0.39, 0.29) is 5.91 Å². The van der Waals surface area contributed by atoms with Gasteiger partial charge in [-0.15, -0.1) is 11.3 Å². The minimum absolute atomic E-state index is 0.242. The quantitative estimate of drug-likeness (QED) is 0.670. The van der Waals surface area contributed by atoms with Crippen LogP contribution < -0.4 is 4.90 Å². The number of anilines is 1. The highest BCUT2D eigenvalue weighted by molar-refractivity contribution is 7.18. The molecule has 0 atom stereocenters. The van der Waals surface area contributed by atoms with Gasteiger partial charge in [0.25, 0.3) is 0 Å². The van der Waals surface area contributed by atoms with E-state index in [4.69, 9.17) is 0 Å². The van der Waals surface area contributed by atoms with Crippen LogP contribution >= 0.6 is 11.3 Å². The summed E-state index contributed by atoms with van der Waals surface area (Å²) in [7, 11) is 0. The maximum atomic E-state index is 12.7. The topological polar surface area (TPSA) is 33.2 Å². The number of aromatic nitrogens is 1. The number of carbonyl (C=O) groups is 1. The van der Waals surface area contributed by atoms with Crippen molar-refractivity contribution < 1.29 is 4.79 Å². The number of rotatable bonds is 4. The molecule has 2 heterocycles. The van der Waals surface area contributed by atoms with E-state index < -0.39 is 0 Å². The normalized spacial score (nSPS) is 13.9. The van der Waals surface area contributed by atoms with Crippen molar-refractivity contribution in [3.8, 4) is 0 Å². The lowest BCUT2D eigenvalue weighted by Crippen LogP contribution is -2.35. The Morgan fingerprint density at radius 3 is 3.00 bits per heavy atom. The van der Waals surface area contributed by atoms with Crippen LogP contribution in [0.4, 0.5) is 5.69 Å². The van der Waals surface area contributed by atoms with E-state index in [9.17, 15) is 4.79 Å². The predicted octanol–water partition coefficient (Wildman–Crippen LogP) is 4.91. The van der Waals surface area contributed by atoms with Crippen LogP contribution in [0.1, 0.15) is 35.4 Å². The predicted molar refractivity (Wildman–Crippen MR) is 104 cm³/mol. The van der Waals surface area contributed by atoms with Gasteiger partial charge in [0, 0.05) is 18.7 Å². The Morgan fingerprint density at radius 2 is 2.12 bits per heavy atom. The van der Waals surface area contributed by atoms with Crippen LogP contribution in [0.15, 0.2) is 42.5 Å². The summed E-state index contributed by atoms with van der Waals surface area (Å²) in [6.45, 7) is 2.95. The second-order valence-electron chi connectivity index (χ2n) is 6.71. The molecule has 4 heteroatoms. The SMILES string of the molecule is Cc1ccc2c(c1)CCCN2C(=O)CCCc1nc2ccccc2s1. The Morgan fingerprint density at radius 1 is 1.24 bits per heavy atom. The van der Waals surface area contributed by atoms with E-state index in [1.54, 1.807) is 11.3 Å². The Balaban J connectivity index is 1.39. The average Bonchev–Trinajstić information content (AvgIpc) is 3.03. The van der Waals surface area contributed by atoms with Gasteiger partial charge in [-0.3, -0.25) is 4.79 Å². The van der Waals surface area contributed by atoms with Gasteiger partial charge in [-0.25, -0.2) is 4.98 Å². The minimum atomic E-state index is 0.242. The Kier molecular flexibility index (Phi) is 4.53. The number of benzene rings is 2. The van der Waals surface area contributed by atoms with Crippen molar-refractivity contribution in [1.82, 2.24) is 4.98 Å². The molecular weight excluding hydrogens is 328 g/mol. The number of carbonyl (C=O) groups excluding carboxylic acids is 1.